The average Bonchev–Trinajstić information content (AvgIpc) is 3.05. The molecular formula is C19H13F7N5O+. The van der Waals surface area contributed by atoms with Crippen molar-refractivity contribution in [2.75, 3.05) is 0 Å². The molecule has 0 radical (unpaired) electrons. The molecule has 2 N–H and O–H groups in total. The fourth-order valence-corrected chi connectivity index (χ4v) is 2.83. The minimum Gasteiger partial charge on any atom is -0.365 e. The molecule has 3 rings (SSSR count). The van der Waals surface area contributed by atoms with Crippen molar-refractivity contribution >= 4 is 17.7 Å². The summed E-state index contributed by atoms with van der Waals surface area (Å²) in [6.45, 7) is 0. The maximum Gasteiger partial charge on any atom is 0.416 e. The molecule has 2 heterocycles. The number of alkyl halides is 6. The number of rotatable bonds is 4. The van der Waals surface area contributed by atoms with E-state index < -0.39 is 40.9 Å². The van der Waals surface area contributed by atoms with Crippen LogP contribution in [0.15, 0.2) is 42.9 Å². The lowest BCUT2D eigenvalue weighted by atomic mass is 10.0. The van der Waals surface area contributed by atoms with Gasteiger partial charge in [0.1, 0.15) is 6.20 Å². The number of aryl methyl sites for hydroxylation is 1. The van der Waals surface area contributed by atoms with E-state index in [9.17, 15) is 35.5 Å². The molecule has 168 valence electrons. The van der Waals surface area contributed by atoms with Crippen molar-refractivity contribution < 1.29 is 40.1 Å². The number of halogens is 7. The summed E-state index contributed by atoms with van der Waals surface area (Å²) >= 11 is 0. The minimum absolute atomic E-state index is 0.00320. The molecule has 32 heavy (non-hydrogen) atoms. The quantitative estimate of drug-likeness (QED) is 0.281. The number of benzene rings is 1. The third-order valence-corrected chi connectivity index (χ3v) is 4.26. The van der Waals surface area contributed by atoms with Crippen LogP contribution < -0.4 is 10.3 Å². The lowest BCUT2D eigenvalue weighted by molar-refractivity contribution is -0.660. The monoisotopic (exact) mass is 460 g/mol. The number of carbonyl (C=O) groups excluding carboxylic acids is 1. The predicted octanol–water partition coefficient (Wildman–Crippen LogP) is 3.43. The van der Waals surface area contributed by atoms with Crippen molar-refractivity contribution in [1.29, 1.82) is 0 Å². The first-order chi connectivity index (χ1) is 14.8. The molecule has 0 aliphatic rings. The Morgan fingerprint density at radius 3 is 2.19 bits per heavy atom. The topological polar surface area (TPSA) is 77.7 Å². The molecule has 6 nitrogen and oxygen atoms in total. The van der Waals surface area contributed by atoms with Gasteiger partial charge in [0.25, 0.3) is 5.91 Å². The summed E-state index contributed by atoms with van der Waals surface area (Å²) < 4.78 is 94.8. The largest absolute Gasteiger partial charge is 0.416 e. The van der Waals surface area contributed by atoms with Crippen LogP contribution in [0.4, 0.5) is 30.7 Å². The van der Waals surface area contributed by atoms with Gasteiger partial charge in [-0.3, -0.25) is 4.79 Å². The second-order valence-corrected chi connectivity index (χ2v) is 6.57. The molecule has 1 amide bonds. The van der Waals surface area contributed by atoms with Gasteiger partial charge in [0.15, 0.2) is 0 Å². The third-order valence-electron chi connectivity index (χ3n) is 4.26. The summed E-state index contributed by atoms with van der Waals surface area (Å²) in [6.07, 6.45) is -6.80. The Bertz CT molecular complexity index is 1180. The number of amides is 1. The van der Waals surface area contributed by atoms with Gasteiger partial charge in [0.05, 0.1) is 34.4 Å². The van der Waals surface area contributed by atoms with Gasteiger partial charge in [0, 0.05) is 11.8 Å². The Morgan fingerprint density at radius 1 is 1.09 bits per heavy atom. The molecule has 3 aromatic rings. The smallest absolute Gasteiger partial charge is 0.365 e. The summed E-state index contributed by atoms with van der Waals surface area (Å²) in [5.41, 5.74) is 1.14. The molecule has 0 atom stereocenters. The minimum atomic E-state index is -5.03. The van der Waals surface area contributed by atoms with E-state index in [2.05, 4.69) is 10.1 Å². The highest BCUT2D eigenvalue weighted by atomic mass is 19.4. The maximum atomic E-state index is 14.0. The normalized spacial score (nSPS) is 12.8. The van der Waals surface area contributed by atoms with Crippen LogP contribution in [0.1, 0.15) is 16.7 Å². The van der Waals surface area contributed by atoms with E-state index in [0.29, 0.717) is 12.1 Å². The molecule has 0 aliphatic carbocycles. The first kappa shape index (κ1) is 22.9. The Balaban J connectivity index is 2.15. The van der Waals surface area contributed by atoms with Gasteiger partial charge in [-0.1, -0.05) is 4.68 Å². The Labute approximate surface area is 175 Å². The number of hydrogen-bond acceptors (Lipinski definition) is 3. The molecule has 0 saturated heterocycles. The second-order valence-electron chi connectivity index (χ2n) is 6.57. The molecule has 1 aromatic carbocycles. The van der Waals surface area contributed by atoms with Crippen LogP contribution in [0.5, 0.6) is 0 Å². The zero-order valence-corrected chi connectivity index (χ0v) is 16.0. The van der Waals surface area contributed by atoms with Crippen LogP contribution in [0, 0.1) is 5.95 Å². The number of hydrogen-bond donors (Lipinski definition) is 1. The average molecular weight is 460 g/mol. The summed E-state index contributed by atoms with van der Waals surface area (Å²) in [5.74, 6) is -2.36. The molecule has 0 unspecified atom stereocenters. The van der Waals surface area contributed by atoms with Crippen molar-refractivity contribution in [3.63, 3.8) is 0 Å². The molecule has 2 aromatic heterocycles. The number of nitrogens with two attached hydrogens (primary N) is 1. The van der Waals surface area contributed by atoms with Crippen molar-refractivity contribution in [2.24, 2.45) is 12.8 Å². The first-order valence-corrected chi connectivity index (χ1v) is 8.64. The van der Waals surface area contributed by atoms with Gasteiger partial charge < -0.3 is 5.73 Å². The van der Waals surface area contributed by atoms with E-state index in [1.54, 1.807) is 0 Å². The standard InChI is InChI=1S/C19H12F7N5O/c1-30-9-31(8-14(16(27)32)13-3-2-4-28-15(13)20)29-17(30)10-5-11(18(21,22)23)7-12(6-10)19(24,25)26/h2-9H,1H3,(H-,27,32)/p+1. The molecule has 0 fully saturated rings. The van der Waals surface area contributed by atoms with Gasteiger partial charge >= 0.3 is 18.2 Å². The number of nitrogens with zero attached hydrogens (tertiary/aromatic N) is 4. The van der Waals surface area contributed by atoms with Gasteiger partial charge in [-0.05, 0) is 30.3 Å². The van der Waals surface area contributed by atoms with E-state index in [4.69, 9.17) is 5.73 Å². The van der Waals surface area contributed by atoms with Crippen LogP contribution in [-0.2, 0) is 24.2 Å². The summed E-state index contributed by atoms with van der Waals surface area (Å²) in [5, 5.41) is 3.92. The highest BCUT2D eigenvalue weighted by molar-refractivity contribution is 6.22. The molecule has 0 aliphatic heterocycles. The molecule has 13 heteroatoms. The van der Waals surface area contributed by atoms with Crippen LogP contribution in [-0.4, -0.2) is 20.7 Å². The van der Waals surface area contributed by atoms with Gasteiger partial charge in [0.2, 0.25) is 12.3 Å². The maximum absolute atomic E-state index is 14.0. The summed E-state index contributed by atoms with van der Waals surface area (Å²) in [7, 11) is 1.31. The number of primary amides is 1. The van der Waals surface area contributed by atoms with Crippen LogP contribution >= 0.6 is 0 Å². The van der Waals surface area contributed by atoms with Gasteiger partial charge in [-0.25, -0.2) is 9.55 Å². The van der Waals surface area contributed by atoms with Gasteiger partial charge in [-0.15, -0.1) is 0 Å². The number of pyridine rings is 1. The first-order valence-electron chi connectivity index (χ1n) is 8.64. The lowest BCUT2D eigenvalue weighted by Gasteiger charge is -2.12. The van der Waals surface area contributed by atoms with Crippen molar-refractivity contribution in [2.45, 2.75) is 12.4 Å². The third kappa shape index (κ3) is 4.76. The predicted molar refractivity (Wildman–Crippen MR) is 96.4 cm³/mol. The van der Waals surface area contributed by atoms with Crippen LogP contribution in [0.3, 0.4) is 0 Å². The highest BCUT2D eigenvalue weighted by Gasteiger charge is 2.38. The second kappa shape index (κ2) is 8.05. The SMILES string of the molecule is C[n+]1cn(C=C(C(N)=O)c2cccnc2F)nc1-c1cc(C(F)(F)F)cc(C(F)(F)F)c1. The van der Waals surface area contributed by atoms with Crippen LogP contribution in [0.25, 0.3) is 23.2 Å². The summed E-state index contributed by atoms with van der Waals surface area (Å²) in [6, 6.07) is 3.58. The van der Waals surface area contributed by atoms with Crippen LogP contribution in [0.2, 0.25) is 0 Å². The molecule has 0 bridgehead atoms. The van der Waals surface area contributed by atoms with E-state index in [-0.39, 0.29) is 23.0 Å². The number of aromatic nitrogens is 4. The van der Waals surface area contributed by atoms with E-state index in [1.165, 1.54) is 19.2 Å². The lowest BCUT2D eigenvalue weighted by Crippen LogP contribution is -2.28. The van der Waals surface area contributed by atoms with Gasteiger partial charge in [-0.2, -0.15) is 30.7 Å². The molecule has 0 spiro atoms. The zero-order valence-electron chi connectivity index (χ0n) is 16.0. The molecular weight excluding hydrogens is 447 g/mol. The van der Waals surface area contributed by atoms with Crippen molar-refractivity contribution in [3.05, 3.63) is 65.5 Å². The fraction of sp³-hybridized carbons (Fsp3) is 0.158. The fourth-order valence-electron chi connectivity index (χ4n) is 2.83. The highest BCUT2D eigenvalue weighted by Crippen LogP contribution is 2.37. The Morgan fingerprint density at radius 2 is 1.69 bits per heavy atom. The Hall–Kier alpha value is -3.77. The van der Waals surface area contributed by atoms with Crippen molar-refractivity contribution in [1.82, 2.24) is 14.8 Å². The van der Waals surface area contributed by atoms with E-state index >= 15 is 0 Å². The van der Waals surface area contributed by atoms with E-state index in [0.717, 1.165) is 28.0 Å². The Kier molecular flexibility index (Phi) is 5.76. The van der Waals surface area contributed by atoms with E-state index in [1.807, 2.05) is 0 Å². The van der Waals surface area contributed by atoms with Crippen molar-refractivity contribution in [3.8, 4) is 11.4 Å². The zero-order chi connectivity index (χ0) is 23.8. The number of carbonyl (C=O) groups is 1. The molecule has 0 saturated carbocycles. The summed E-state index contributed by atoms with van der Waals surface area (Å²) in [4.78, 5) is 15.2.